The minimum Gasteiger partial charge on any atom is -0.462 e. The number of esters is 3. The molecule has 0 saturated heterocycles. The Bertz CT molecular complexity index is 1580. The van der Waals surface area contributed by atoms with Crippen LogP contribution in [0.4, 0.5) is 0 Å². The summed E-state index contributed by atoms with van der Waals surface area (Å²) in [5.74, 6) is -0.859. The standard InChI is InChI=1S/C75H130O6/c1-4-7-10-13-16-19-22-25-27-28-29-30-31-32-33-34-35-36-37-38-39-40-41-42-43-44-45-46-48-50-53-56-59-62-65-68-74(77)80-71-72(70-79-73(76)67-64-61-58-55-52-49-24-21-18-15-12-9-6-3)81-75(78)69-66-63-60-57-54-51-47-26-23-20-17-14-11-8-5-2/h7,10,16,19,25,27,29-30,32-33,35-36,38-39,41-42,72H,4-6,8-9,11-15,17-18,20-24,26,28,31,34,37,40,43-71H2,1-3H3/b10-7-,19-16-,27-25-,30-29-,33-32-,36-35-,39-38-,42-41-. The lowest BCUT2D eigenvalue weighted by molar-refractivity contribution is -0.167. The molecule has 0 aromatic heterocycles. The van der Waals surface area contributed by atoms with Crippen molar-refractivity contribution in [2.24, 2.45) is 0 Å². The summed E-state index contributed by atoms with van der Waals surface area (Å²) in [6.07, 6.45) is 92.8. The van der Waals surface area contributed by atoms with E-state index >= 15 is 0 Å². The molecule has 0 spiro atoms. The summed E-state index contributed by atoms with van der Waals surface area (Å²) < 4.78 is 16.9. The molecule has 0 aromatic rings. The van der Waals surface area contributed by atoms with E-state index in [9.17, 15) is 14.4 Å². The van der Waals surface area contributed by atoms with E-state index < -0.39 is 6.10 Å². The second-order valence-electron chi connectivity index (χ2n) is 23.1. The molecule has 81 heavy (non-hydrogen) atoms. The maximum atomic E-state index is 12.9. The number of unbranched alkanes of at least 4 members (excludes halogenated alkanes) is 36. The number of ether oxygens (including phenoxy) is 3. The molecule has 0 fully saturated rings. The third-order valence-electron chi connectivity index (χ3n) is 15.1. The third-order valence-corrected chi connectivity index (χ3v) is 15.1. The molecule has 0 amide bonds. The molecule has 6 nitrogen and oxygen atoms in total. The summed E-state index contributed by atoms with van der Waals surface area (Å²) in [6.45, 7) is 6.56. The van der Waals surface area contributed by atoms with Gasteiger partial charge in [-0.15, -0.1) is 0 Å². The van der Waals surface area contributed by atoms with Gasteiger partial charge in [0.15, 0.2) is 6.10 Å². The Hall–Kier alpha value is -3.67. The van der Waals surface area contributed by atoms with E-state index in [1.54, 1.807) is 0 Å². The van der Waals surface area contributed by atoms with Gasteiger partial charge in [-0.25, -0.2) is 0 Å². The molecule has 0 aliphatic carbocycles. The summed E-state index contributed by atoms with van der Waals surface area (Å²) in [7, 11) is 0. The molecule has 0 N–H and O–H groups in total. The molecular weight excluding hydrogens is 997 g/mol. The smallest absolute Gasteiger partial charge is 0.306 e. The van der Waals surface area contributed by atoms with Crippen molar-refractivity contribution >= 4 is 17.9 Å². The highest BCUT2D eigenvalue weighted by Gasteiger charge is 2.19. The van der Waals surface area contributed by atoms with Crippen molar-refractivity contribution in [3.63, 3.8) is 0 Å². The fourth-order valence-corrected chi connectivity index (χ4v) is 9.93. The highest BCUT2D eigenvalue weighted by molar-refractivity contribution is 5.71. The largest absolute Gasteiger partial charge is 0.462 e. The molecule has 0 aromatic carbocycles. The van der Waals surface area contributed by atoms with Crippen molar-refractivity contribution in [2.45, 2.75) is 348 Å². The number of carbonyl (C=O) groups excluding carboxylic acids is 3. The third kappa shape index (κ3) is 67.0. The van der Waals surface area contributed by atoms with Crippen molar-refractivity contribution in [3.05, 3.63) is 97.2 Å². The first-order valence-corrected chi connectivity index (χ1v) is 34.7. The van der Waals surface area contributed by atoms with Gasteiger partial charge in [0.1, 0.15) is 13.2 Å². The molecule has 1 unspecified atom stereocenters. The van der Waals surface area contributed by atoms with E-state index in [2.05, 4.69) is 118 Å². The van der Waals surface area contributed by atoms with Crippen LogP contribution in [0.2, 0.25) is 0 Å². The normalized spacial score (nSPS) is 12.7. The average Bonchev–Trinajstić information content (AvgIpc) is 3.46. The number of rotatable bonds is 63. The van der Waals surface area contributed by atoms with Crippen molar-refractivity contribution in [1.82, 2.24) is 0 Å². The molecule has 466 valence electrons. The number of allylic oxidation sites excluding steroid dienone is 16. The van der Waals surface area contributed by atoms with Crippen LogP contribution in [0.3, 0.4) is 0 Å². The van der Waals surface area contributed by atoms with Gasteiger partial charge in [0.2, 0.25) is 0 Å². The van der Waals surface area contributed by atoms with Crippen LogP contribution in [0, 0.1) is 0 Å². The van der Waals surface area contributed by atoms with Gasteiger partial charge < -0.3 is 14.2 Å². The summed E-state index contributed by atoms with van der Waals surface area (Å²) in [5.41, 5.74) is 0. The monoisotopic (exact) mass is 1130 g/mol. The number of hydrogen-bond acceptors (Lipinski definition) is 6. The predicted molar refractivity (Wildman–Crippen MR) is 353 cm³/mol. The average molecular weight is 1130 g/mol. The van der Waals surface area contributed by atoms with E-state index in [4.69, 9.17) is 14.2 Å². The lowest BCUT2D eigenvalue weighted by Crippen LogP contribution is -2.30. The van der Waals surface area contributed by atoms with Gasteiger partial charge >= 0.3 is 17.9 Å². The Labute approximate surface area is 502 Å². The fraction of sp³-hybridized carbons (Fsp3) is 0.747. The van der Waals surface area contributed by atoms with Crippen LogP contribution in [-0.2, 0) is 28.6 Å². The minimum absolute atomic E-state index is 0.0721. The molecule has 0 saturated carbocycles. The topological polar surface area (TPSA) is 78.9 Å². The molecule has 0 radical (unpaired) electrons. The van der Waals surface area contributed by atoms with Crippen LogP contribution in [0.1, 0.15) is 342 Å². The zero-order valence-electron chi connectivity index (χ0n) is 53.5. The van der Waals surface area contributed by atoms with E-state index in [0.717, 1.165) is 109 Å². The number of carbonyl (C=O) groups is 3. The Morgan fingerprint density at radius 2 is 0.481 bits per heavy atom. The summed E-state index contributed by atoms with van der Waals surface area (Å²) in [4.78, 5) is 38.3. The first kappa shape index (κ1) is 77.3. The van der Waals surface area contributed by atoms with Gasteiger partial charge in [-0.05, 0) is 83.5 Å². The summed E-state index contributed by atoms with van der Waals surface area (Å²) in [5, 5.41) is 0. The minimum atomic E-state index is -0.775. The summed E-state index contributed by atoms with van der Waals surface area (Å²) in [6, 6.07) is 0. The maximum absolute atomic E-state index is 12.9. The van der Waals surface area contributed by atoms with Crippen molar-refractivity contribution < 1.29 is 28.6 Å². The molecule has 6 heteroatoms. The molecule has 0 aliphatic heterocycles. The van der Waals surface area contributed by atoms with Crippen molar-refractivity contribution in [3.8, 4) is 0 Å². The SMILES string of the molecule is CC/C=C\C/C=C\C/C=C\C/C=C\C/C=C\C/C=C\C/C=C\C/C=C\CCCCCCCCCCCCC(=O)OCC(COC(=O)CCCCCCCCCCCCCCC)OC(=O)CCCCCCCCCCCCCCCCC. The van der Waals surface area contributed by atoms with E-state index in [0.29, 0.717) is 19.3 Å². The molecule has 0 aliphatic rings. The van der Waals surface area contributed by atoms with E-state index in [1.807, 2.05) is 0 Å². The fourth-order valence-electron chi connectivity index (χ4n) is 9.93. The number of hydrogen-bond donors (Lipinski definition) is 0. The van der Waals surface area contributed by atoms with Crippen LogP contribution >= 0.6 is 0 Å². The van der Waals surface area contributed by atoms with Gasteiger partial charge in [-0.2, -0.15) is 0 Å². The van der Waals surface area contributed by atoms with Gasteiger partial charge in [0, 0.05) is 19.3 Å². The zero-order chi connectivity index (χ0) is 58.5. The Morgan fingerprint density at radius 3 is 0.753 bits per heavy atom. The second kappa shape index (κ2) is 68.8. The molecule has 1 atom stereocenters. The van der Waals surface area contributed by atoms with Gasteiger partial charge in [0.25, 0.3) is 0 Å². The zero-order valence-corrected chi connectivity index (χ0v) is 53.5. The van der Waals surface area contributed by atoms with Crippen molar-refractivity contribution in [1.29, 1.82) is 0 Å². The molecule has 0 heterocycles. The van der Waals surface area contributed by atoms with Crippen molar-refractivity contribution in [2.75, 3.05) is 13.2 Å². The van der Waals surface area contributed by atoms with Crippen LogP contribution in [0.5, 0.6) is 0 Å². The molecule has 0 rings (SSSR count). The Balaban J connectivity index is 4.19. The first-order chi connectivity index (χ1) is 40.0. The Kier molecular flexibility index (Phi) is 65.7. The van der Waals surface area contributed by atoms with Crippen LogP contribution in [0.15, 0.2) is 97.2 Å². The lowest BCUT2D eigenvalue weighted by atomic mass is 10.0. The maximum Gasteiger partial charge on any atom is 0.306 e. The first-order valence-electron chi connectivity index (χ1n) is 34.7. The van der Waals surface area contributed by atoms with Crippen LogP contribution in [0.25, 0.3) is 0 Å². The lowest BCUT2D eigenvalue weighted by Gasteiger charge is -2.18. The van der Waals surface area contributed by atoms with Gasteiger partial charge in [0.05, 0.1) is 0 Å². The highest BCUT2D eigenvalue weighted by atomic mass is 16.6. The molecule has 0 bridgehead atoms. The Morgan fingerprint density at radius 1 is 0.259 bits per heavy atom. The van der Waals surface area contributed by atoms with E-state index in [-0.39, 0.29) is 31.1 Å². The van der Waals surface area contributed by atoms with Gasteiger partial charge in [-0.1, -0.05) is 336 Å². The van der Waals surface area contributed by atoms with Crippen LogP contribution < -0.4 is 0 Å². The highest BCUT2D eigenvalue weighted by Crippen LogP contribution is 2.17. The summed E-state index contributed by atoms with van der Waals surface area (Å²) >= 11 is 0. The quantitative estimate of drug-likeness (QED) is 0.0261. The van der Waals surface area contributed by atoms with Gasteiger partial charge in [-0.3, -0.25) is 14.4 Å². The molecular formula is C75H130O6. The van der Waals surface area contributed by atoms with E-state index in [1.165, 1.54) is 193 Å². The second-order valence-corrected chi connectivity index (χ2v) is 23.1. The van der Waals surface area contributed by atoms with Crippen LogP contribution in [-0.4, -0.2) is 37.2 Å². The predicted octanol–water partition coefficient (Wildman–Crippen LogP) is 24.0.